The second kappa shape index (κ2) is 8.56. The normalized spacial score (nSPS) is 10.6. The van der Waals surface area contributed by atoms with E-state index in [0.29, 0.717) is 5.75 Å². The Hall–Kier alpha value is -2.69. The topological polar surface area (TPSA) is 63.6 Å². The number of hydrogen-bond acceptors (Lipinski definition) is 4. The quantitative estimate of drug-likeness (QED) is 0.631. The van der Waals surface area contributed by atoms with E-state index in [1.807, 2.05) is 30.3 Å². The molecule has 2 rings (SSSR count). The van der Waals surface area contributed by atoms with E-state index < -0.39 is 0 Å². The van der Waals surface area contributed by atoms with Gasteiger partial charge in [0, 0.05) is 18.0 Å². The van der Waals surface area contributed by atoms with E-state index >= 15 is 0 Å². The van der Waals surface area contributed by atoms with Gasteiger partial charge in [-0.25, -0.2) is 5.43 Å². The zero-order chi connectivity index (χ0) is 15.6. The van der Waals surface area contributed by atoms with Crippen molar-refractivity contribution in [1.82, 2.24) is 10.4 Å². The first-order valence-corrected chi connectivity index (χ1v) is 7.21. The van der Waals surface area contributed by atoms with Crippen LogP contribution in [-0.4, -0.2) is 23.7 Å². The van der Waals surface area contributed by atoms with Gasteiger partial charge in [-0.15, -0.1) is 0 Å². The third kappa shape index (κ3) is 5.36. The third-order valence-corrected chi connectivity index (χ3v) is 2.92. The highest BCUT2D eigenvalue weighted by atomic mass is 16.5. The molecule has 0 bridgehead atoms. The molecule has 5 heteroatoms. The van der Waals surface area contributed by atoms with Crippen LogP contribution in [0, 0.1) is 0 Å². The highest BCUT2D eigenvalue weighted by molar-refractivity contribution is 5.82. The molecule has 0 aliphatic rings. The maximum absolute atomic E-state index is 11.6. The molecule has 0 unspecified atom stereocenters. The minimum Gasteiger partial charge on any atom is -0.484 e. The number of carbonyl (C=O) groups is 1. The van der Waals surface area contributed by atoms with Crippen LogP contribution in [0.5, 0.6) is 5.75 Å². The number of ether oxygens (including phenoxy) is 1. The maximum atomic E-state index is 11.6. The summed E-state index contributed by atoms with van der Waals surface area (Å²) in [6.07, 6.45) is 7.02. The number of benzene rings is 1. The Morgan fingerprint density at radius 2 is 2.14 bits per heavy atom. The lowest BCUT2D eigenvalue weighted by Gasteiger charge is -2.06. The Balaban J connectivity index is 1.74. The number of nitrogens with zero attached hydrogens (tertiary/aromatic N) is 2. The fraction of sp³-hybridized carbons (Fsp3) is 0.235. The second-order valence-corrected chi connectivity index (χ2v) is 4.76. The molecule has 0 radical (unpaired) electrons. The summed E-state index contributed by atoms with van der Waals surface area (Å²) in [5, 5.41) is 3.85. The predicted octanol–water partition coefficient (Wildman–Crippen LogP) is 2.56. The van der Waals surface area contributed by atoms with Gasteiger partial charge in [0.15, 0.2) is 6.61 Å². The lowest BCUT2D eigenvalue weighted by molar-refractivity contribution is -0.123. The molecule has 2 aromatic rings. The first-order chi connectivity index (χ1) is 10.8. The maximum Gasteiger partial charge on any atom is 0.277 e. The molecule has 0 saturated heterocycles. The van der Waals surface area contributed by atoms with Gasteiger partial charge in [0.25, 0.3) is 5.91 Å². The van der Waals surface area contributed by atoms with Crippen LogP contribution in [0.3, 0.4) is 0 Å². The van der Waals surface area contributed by atoms with Gasteiger partial charge >= 0.3 is 0 Å². The third-order valence-electron chi connectivity index (χ3n) is 2.92. The van der Waals surface area contributed by atoms with E-state index in [4.69, 9.17) is 4.74 Å². The summed E-state index contributed by atoms with van der Waals surface area (Å²) < 4.78 is 5.41. The van der Waals surface area contributed by atoms with E-state index in [9.17, 15) is 4.79 Å². The average Bonchev–Trinajstić information content (AvgIpc) is 2.55. The zero-order valence-corrected chi connectivity index (χ0v) is 12.5. The largest absolute Gasteiger partial charge is 0.484 e. The van der Waals surface area contributed by atoms with Gasteiger partial charge in [0.2, 0.25) is 0 Å². The molecule has 0 atom stereocenters. The van der Waals surface area contributed by atoms with Crippen LogP contribution >= 0.6 is 0 Å². The summed E-state index contributed by atoms with van der Waals surface area (Å²) in [7, 11) is 0. The molecule has 1 aromatic carbocycles. The number of amides is 1. The van der Waals surface area contributed by atoms with Crippen LogP contribution in [0.4, 0.5) is 0 Å². The van der Waals surface area contributed by atoms with Crippen LogP contribution in [0.25, 0.3) is 0 Å². The summed E-state index contributed by atoms with van der Waals surface area (Å²) >= 11 is 0. The first-order valence-electron chi connectivity index (χ1n) is 7.21. The molecule has 0 spiro atoms. The molecule has 0 aliphatic heterocycles. The van der Waals surface area contributed by atoms with Crippen LogP contribution in [0.1, 0.15) is 24.5 Å². The van der Waals surface area contributed by atoms with Crippen molar-refractivity contribution in [2.45, 2.75) is 19.8 Å². The molecule has 114 valence electrons. The Morgan fingerprint density at radius 3 is 2.82 bits per heavy atom. The van der Waals surface area contributed by atoms with Crippen LogP contribution in [0.15, 0.2) is 53.9 Å². The monoisotopic (exact) mass is 297 g/mol. The molecular weight excluding hydrogens is 278 g/mol. The molecule has 0 aliphatic carbocycles. The van der Waals surface area contributed by atoms with Gasteiger partial charge < -0.3 is 4.74 Å². The number of carbonyl (C=O) groups excluding carboxylic acids is 1. The minimum atomic E-state index is -0.308. The van der Waals surface area contributed by atoms with Crippen LogP contribution < -0.4 is 10.2 Å². The van der Waals surface area contributed by atoms with Gasteiger partial charge in [-0.3, -0.25) is 9.78 Å². The zero-order valence-electron chi connectivity index (χ0n) is 12.5. The second-order valence-electron chi connectivity index (χ2n) is 4.76. The highest BCUT2D eigenvalue weighted by Gasteiger charge is 2.01. The summed E-state index contributed by atoms with van der Waals surface area (Å²) in [5.74, 6) is 0.365. The van der Waals surface area contributed by atoms with Crippen molar-refractivity contribution in [3.05, 3.63) is 59.9 Å². The number of aromatic nitrogens is 1. The van der Waals surface area contributed by atoms with Gasteiger partial charge in [0.1, 0.15) is 5.75 Å². The van der Waals surface area contributed by atoms with Crippen molar-refractivity contribution < 1.29 is 9.53 Å². The Bertz CT molecular complexity index is 610. The van der Waals surface area contributed by atoms with E-state index in [1.165, 1.54) is 11.8 Å². The van der Waals surface area contributed by atoms with E-state index in [-0.39, 0.29) is 12.5 Å². The van der Waals surface area contributed by atoms with Gasteiger partial charge in [-0.1, -0.05) is 31.5 Å². The van der Waals surface area contributed by atoms with Gasteiger partial charge in [-0.05, 0) is 30.2 Å². The molecule has 22 heavy (non-hydrogen) atoms. The standard InChI is InChI=1S/C17H19N3O2/c1-2-4-14-6-8-16(9-7-14)22-13-17(21)20-19-12-15-5-3-10-18-11-15/h3,5-12H,2,4,13H2,1H3,(H,20,21). The van der Waals surface area contributed by atoms with E-state index in [1.54, 1.807) is 18.5 Å². The van der Waals surface area contributed by atoms with Crippen molar-refractivity contribution in [3.8, 4) is 5.75 Å². The number of hydrogen-bond donors (Lipinski definition) is 1. The van der Waals surface area contributed by atoms with E-state index in [2.05, 4.69) is 22.4 Å². The lowest BCUT2D eigenvalue weighted by atomic mass is 10.1. The van der Waals surface area contributed by atoms with Crippen molar-refractivity contribution in [2.75, 3.05) is 6.61 Å². The molecular formula is C17H19N3O2. The summed E-state index contributed by atoms with van der Waals surface area (Å²) in [4.78, 5) is 15.6. The molecule has 5 nitrogen and oxygen atoms in total. The Morgan fingerprint density at radius 1 is 1.32 bits per heavy atom. The average molecular weight is 297 g/mol. The molecule has 1 N–H and O–H groups in total. The summed E-state index contributed by atoms with van der Waals surface area (Å²) in [5.41, 5.74) is 4.49. The predicted molar refractivity (Wildman–Crippen MR) is 85.9 cm³/mol. The van der Waals surface area contributed by atoms with Crippen molar-refractivity contribution >= 4 is 12.1 Å². The molecule has 0 fully saturated rings. The summed E-state index contributed by atoms with van der Waals surface area (Å²) in [6, 6.07) is 11.4. The molecule has 1 heterocycles. The molecule has 1 aromatic heterocycles. The number of hydrazone groups is 1. The van der Waals surface area contributed by atoms with Gasteiger partial charge in [0.05, 0.1) is 6.21 Å². The van der Waals surface area contributed by atoms with E-state index in [0.717, 1.165) is 18.4 Å². The fourth-order valence-electron chi connectivity index (χ4n) is 1.85. The van der Waals surface area contributed by atoms with Crippen molar-refractivity contribution in [2.24, 2.45) is 5.10 Å². The molecule has 0 saturated carbocycles. The molecule has 1 amide bonds. The van der Waals surface area contributed by atoms with Crippen molar-refractivity contribution in [3.63, 3.8) is 0 Å². The van der Waals surface area contributed by atoms with Gasteiger partial charge in [-0.2, -0.15) is 5.10 Å². The Kier molecular flexibility index (Phi) is 6.11. The van der Waals surface area contributed by atoms with Crippen LogP contribution in [-0.2, 0) is 11.2 Å². The fourth-order valence-corrected chi connectivity index (χ4v) is 1.85. The van der Waals surface area contributed by atoms with Crippen LogP contribution in [0.2, 0.25) is 0 Å². The van der Waals surface area contributed by atoms with Crippen molar-refractivity contribution in [1.29, 1.82) is 0 Å². The number of pyridine rings is 1. The number of nitrogens with one attached hydrogen (secondary N) is 1. The SMILES string of the molecule is CCCc1ccc(OCC(=O)NN=Cc2cccnc2)cc1. The number of rotatable bonds is 7. The number of aryl methyl sites for hydroxylation is 1. The Labute approximate surface area is 130 Å². The smallest absolute Gasteiger partial charge is 0.277 e. The minimum absolute atomic E-state index is 0.0719. The first kappa shape index (κ1) is 15.7. The lowest BCUT2D eigenvalue weighted by Crippen LogP contribution is -2.24. The highest BCUT2D eigenvalue weighted by Crippen LogP contribution is 2.13. The summed E-state index contributed by atoms with van der Waals surface area (Å²) in [6.45, 7) is 2.07.